The molecular formula is C89H148N13O25P5S. The Balaban J connectivity index is 0.000000256. The molecule has 0 bridgehead atoms. The van der Waals surface area contributed by atoms with Gasteiger partial charge in [-0.3, -0.25) is 71.5 Å². The Morgan fingerprint density at radius 3 is 1.03 bits per heavy atom. The van der Waals surface area contributed by atoms with Gasteiger partial charge in [-0.25, -0.2) is 19.2 Å². The van der Waals surface area contributed by atoms with E-state index in [9.17, 15) is 93.9 Å². The van der Waals surface area contributed by atoms with E-state index in [1.54, 1.807) is 6.20 Å². The standard InChI is InChI=1S/C20H34N3O5P.C19H32N3O5P.C19H32N3O4PS.C16H25N2O6P.C15H25N2O5P/c1-13(2)7-9-21-11-14-12-23(20(26)22-18(14)25)19-17(27-3)16(24)15(28-19)8-10-29(4,5)6;1-12(2)6-8-20-10-13-11-22(19(26)21-17(13)25)18-16(24)15(23)14(27-18)7-9-28(3,4)5;1-12(2)6-8-20-10-13-11-22(19(28)21-17(13)25)18-16(24)15(23)14(26-18)7-9-27(3,4)5;1-9(19)7-10-8-18(16(23)17-14(10)22)15-13(21)12(20)11(24-15)5-6-25(2,3)4;1-16-8-9(14(20)17(2)15(16)21)13-12(19)11(18)10(22-13)6-7-23(3,4)5/h7,12,15-17,19,21,24H,4,8-11H2,1-3,5-6H3,(H,22,25,26);6,11,14-16,18,20,23-24H,3,7-10H2,1-2,4-5H3,(H,21,25,26);6,11,14-16,18,20,23-24H,3,7-10H2,1-2,4-5H3,(H,21,25,28);8,11-13,15,20-21H,2,5-7H2,1,3-4H3,(H,17,22,23);8,10-13,18-19H,3,6-7H2,1-2,4-5H3/t15?,16-,17-,19-;2*14?,15-,16-,18-;11?,12-,13-,15-;10?,11-,12-,13+/m11111/s1. The van der Waals surface area contributed by atoms with Crippen molar-refractivity contribution in [3.05, 3.63) is 192 Å². The number of ketones is 1. The molecule has 5 saturated heterocycles. The number of nitrogens with one attached hydrogen (secondary N) is 7. The number of rotatable bonds is 35. The molecule has 5 aliphatic heterocycles. The van der Waals surface area contributed by atoms with Gasteiger partial charge in [-0.15, -0.1) is 65.9 Å². The second-order valence-electron chi connectivity index (χ2n) is 39.0. The van der Waals surface area contributed by atoms with Crippen LogP contribution in [-0.4, -0.2) is 346 Å². The minimum absolute atomic E-state index is 0.102. The number of carbonyl (C=O) groups excluding carboxylic acids is 1. The fourth-order valence-electron chi connectivity index (χ4n) is 14.8. The molecule has 44 heteroatoms. The summed E-state index contributed by atoms with van der Waals surface area (Å²) >= 11 is 5.26. The number of hydrogen-bond donors (Lipinski definition) is 16. The van der Waals surface area contributed by atoms with Gasteiger partial charge < -0.3 is 94.9 Å². The molecule has 0 aliphatic carbocycles. The van der Waals surface area contributed by atoms with Gasteiger partial charge in [0.1, 0.15) is 72.9 Å². The van der Waals surface area contributed by atoms with Crippen LogP contribution in [0.4, 0.5) is 0 Å². The first-order chi connectivity index (χ1) is 61.5. The number of H-pyrrole nitrogens is 4. The maximum Gasteiger partial charge on any atom is 0.330 e. The number of aliphatic hydroxyl groups is 9. The number of Topliss-reactive ketones (excluding diaryl/α,β-unsaturated/α-hetero) is 1. The van der Waals surface area contributed by atoms with Gasteiger partial charge in [0, 0.05) is 120 Å². The lowest BCUT2D eigenvalue weighted by Crippen LogP contribution is -2.40. The topological polar surface area (TPSA) is 537 Å². The van der Waals surface area contributed by atoms with Gasteiger partial charge in [-0.1, -0.05) is 34.9 Å². The van der Waals surface area contributed by atoms with Crippen LogP contribution in [0.1, 0.15) is 139 Å². The van der Waals surface area contributed by atoms with E-state index in [2.05, 4.69) is 134 Å². The normalized spacial score (nSPS) is 25.8. The molecule has 20 atom stereocenters. The van der Waals surface area contributed by atoms with Crippen LogP contribution in [0.5, 0.6) is 0 Å². The predicted octanol–water partition coefficient (Wildman–Crippen LogP) is 1.69. The van der Waals surface area contributed by atoms with E-state index < -0.39 is 202 Å². The van der Waals surface area contributed by atoms with Crippen molar-refractivity contribution in [1.82, 2.24) is 63.3 Å². The minimum atomic E-state index is -1.32. The second-order valence-corrected chi connectivity index (χ2v) is 60.9. The molecule has 5 fully saturated rings. The fourth-order valence-corrected chi connectivity index (χ4v) is 19.8. The maximum atomic E-state index is 12.4. The van der Waals surface area contributed by atoms with Crippen molar-refractivity contribution in [1.29, 1.82) is 0 Å². The van der Waals surface area contributed by atoms with E-state index in [0.29, 0.717) is 81.5 Å². The number of allylic oxidation sites excluding steroid dienone is 3. The summed E-state index contributed by atoms with van der Waals surface area (Å²) < 4.78 is 42.0. The number of aryl methyl sites for hydroxylation is 1. The predicted molar refractivity (Wildman–Crippen MR) is 540 cm³/mol. The summed E-state index contributed by atoms with van der Waals surface area (Å²) in [7, 11) is 4.37. The zero-order valence-electron chi connectivity index (χ0n) is 80.6. The Kier molecular flexibility index (Phi) is 43.6. The Morgan fingerprint density at radius 1 is 0.414 bits per heavy atom. The monoisotopic (exact) mass is 1990 g/mol. The summed E-state index contributed by atoms with van der Waals surface area (Å²) in [4.78, 5) is 130. The quantitative estimate of drug-likeness (QED) is 0.0119. The summed E-state index contributed by atoms with van der Waals surface area (Å²) in [6, 6.07) is 0. The molecule has 38 nitrogen and oxygen atoms in total. The van der Waals surface area contributed by atoms with Crippen molar-refractivity contribution >= 4 is 83.9 Å². The molecule has 16 N–H and O–H groups in total. The lowest BCUT2D eigenvalue weighted by Gasteiger charge is -2.21. The number of aromatic amines is 4. The van der Waals surface area contributed by atoms with Gasteiger partial charge in [0.05, 0.1) is 36.1 Å². The molecule has 5 aliphatic rings. The number of aromatic nitrogens is 10. The summed E-state index contributed by atoms with van der Waals surface area (Å²) in [6.45, 7) is 30.6. The molecule has 10 heterocycles. The van der Waals surface area contributed by atoms with Crippen molar-refractivity contribution in [2.75, 3.05) is 124 Å². The van der Waals surface area contributed by atoms with Crippen LogP contribution in [0.25, 0.3) is 0 Å². The molecule has 5 aromatic heterocycles. The first kappa shape index (κ1) is 115. The summed E-state index contributed by atoms with van der Waals surface area (Å²) in [5.74, 6) is -0.233. The first-order valence-electron chi connectivity index (χ1n) is 44.0. The maximum absolute atomic E-state index is 12.4. The summed E-state index contributed by atoms with van der Waals surface area (Å²) in [6.07, 6.45) is 22.4. The van der Waals surface area contributed by atoms with Crippen LogP contribution in [0.3, 0.4) is 0 Å². The van der Waals surface area contributed by atoms with E-state index in [0.717, 1.165) is 50.1 Å². The molecular weight excluding hydrogens is 1840 g/mol. The Morgan fingerprint density at radius 2 is 0.699 bits per heavy atom. The molecule has 5 unspecified atom stereocenters. The number of methoxy groups -OCH3 is 1. The van der Waals surface area contributed by atoms with Gasteiger partial charge in [-0.05, 0) is 190 Å². The van der Waals surface area contributed by atoms with Crippen LogP contribution in [0.15, 0.2) is 109 Å². The summed E-state index contributed by atoms with van der Waals surface area (Å²) in [5, 5.41) is 103. The van der Waals surface area contributed by atoms with E-state index >= 15 is 0 Å². The van der Waals surface area contributed by atoms with Crippen LogP contribution < -0.4 is 66.5 Å². The van der Waals surface area contributed by atoms with Gasteiger partial charge in [0.25, 0.3) is 27.8 Å². The first-order valence-corrected chi connectivity index (χ1v) is 59.7. The zero-order chi connectivity index (χ0) is 100. The molecule has 0 spiro atoms. The average molecular weight is 1990 g/mol. The van der Waals surface area contributed by atoms with Crippen LogP contribution in [0.2, 0.25) is 0 Å². The SMILES string of the molecule is C=P(C)(C)CCC1O[C@@H](c2cn(C)c(=O)n(C)c2=O)[C@H](O)[C@@H]1O.C=P(C)(C)CCC1O[C@@H](n2cc(CC(C)=O)c(=O)[nH]c2=O)[C@H](O)[C@@H]1O.C=P(C)(C)CCC1O[C@@H](n2cc(CNCC=C(C)C)c(=O)[nH]c2=O)[C@H](O)[C@@H]1O.C=P(C)(C)CCC1O[C@@H](n2cc(CNCC=C(C)C)c(=O)[nH]c2=O)[C@H](OC)[C@@H]1O.C=P(C)(C)CCC1O[C@@H](n2cc(CNCC=C(C)C)c(=O)[nH]c2=S)[C@H](O)[C@@H]1O. The van der Waals surface area contributed by atoms with Gasteiger partial charge in [-0.2, -0.15) is 0 Å². The summed E-state index contributed by atoms with van der Waals surface area (Å²) in [5.41, 5.74) is 0.169. The number of ether oxygens (including phenoxy) is 6. The average Bonchev–Trinajstić information content (AvgIpc) is 1.62. The van der Waals surface area contributed by atoms with Crippen molar-refractivity contribution in [2.24, 2.45) is 14.1 Å². The third kappa shape index (κ3) is 34.8. The third-order valence-electron chi connectivity index (χ3n) is 22.4. The van der Waals surface area contributed by atoms with E-state index in [1.165, 1.54) is 77.8 Å². The Hall–Kier alpha value is -6.51. The van der Waals surface area contributed by atoms with E-state index in [4.69, 9.17) is 40.6 Å². The van der Waals surface area contributed by atoms with Gasteiger partial charge in [0.15, 0.2) is 29.7 Å². The highest BCUT2D eigenvalue weighted by Gasteiger charge is 2.49. The number of aliphatic hydroxyl groups excluding tert-OH is 9. The van der Waals surface area contributed by atoms with Crippen LogP contribution >= 0.6 is 46.6 Å². The smallest absolute Gasteiger partial charge is 0.330 e. The van der Waals surface area contributed by atoms with Gasteiger partial charge >= 0.3 is 22.8 Å². The highest BCUT2D eigenvalue weighted by molar-refractivity contribution is 7.73. The minimum Gasteiger partial charge on any atom is -0.388 e. The Labute approximate surface area is 781 Å². The lowest BCUT2D eigenvalue weighted by molar-refractivity contribution is -0.116. The van der Waals surface area contributed by atoms with E-state index in [-0.39, 0.29) is 40.2 Å². The molecule has 133 heavy (non-hydrogen) atoms. The molecule has 0 aromatic carbocycles. The highest BCUT2D eigenvalue weighted by Crippen LogP contribution is 2.45. The molecule has 5 aromatic rings. The highest BCUT2D eigenvalue weighted by atomic mass is 32.1. The second kappa shape index (κ2) is 50.4. The molecule has 10 rings (SSSR count). The number of nitrogens with zero attached hydrogens (tertiary/aromatic N) is 6. The van der Waals surface area contributed by atoms with Crippen molar-refractivity contribution in [3.63, 3.8) is 0 Å². The fraction of sp³-hybridized carbons (Fsp3) is 0.640. The zero-order valence-corrected chi connectivity index (χ0v) is 85.9. The molecule has 0 radical (unpaired) electrons. The number of carbonyl (C=O) groups is 1. The largest absolute Gasteiger partial charge is 0.388 e. The van der Waals surface area contributed by atoms with Gasteiger partial charge in [0.2, 0.25) is 0 Å². The molecule has 0 amide bonds. The molecule has 750 valence electrons. The van der Waals surface area contributed by atoms with Crippen LogP contribution in [0, 0.1) is 4.77 Å². The van der Waals surface area contributed by atoms with Crippen molar-refractivity contribution < 1.29 is 79.2 Å². The van der Waals surface area contributed by atoms with Crippen LogP contribution in [-0.2, 0) is 73.4 Å². The van der Waals surface area contributed by atoms with Crippen molar-refractivity contribution in [2.45, 2.75) is 229 Å². The number of hydrogen-bond acceptors (Lipinski definition) is 29. The third-order valence-corrected chi connectivity index (χ3v) is 30.1. The Bertz CT molecular complexity index is 5640. The lowest BCUT2D eigenvalue weighted by atomic mass is 10.0. The molecule has 0 saturated carbocycles. The van der Waals surface area contributed by atoms with E-state index in [1.807, 2.05) is 59.8 Å². The van der Waals surface area contributed by atoms with Crippen molar-refractivity contribution in [3.8, 4) is 0 Å².